The second-order valence-corrected chi connectivity index (χ2v) is 8.34. The molecule has 0 saturated heterocycles. The molecule has 1 heterocycles. The number of hydrogen-bond acceptors (Lipinski definition) is 4. The van der Waals surface area contributed by atoms with Gasteiger partial charge in [-0.1, -0.05) is 43.4 Å². The average Bonchev–Trinajstić information content (AvgIpc) is 2.73. The van der Waals surface area contributed by atoms with Gasteiger partial charge in [-0.3, -0.25) is 4.79 Å². The zero-order valence-electron chi connectivity index (χ0n) is 19.8. The molecule has 0 aliphatic heterocycles. The van der Waals surface area contributed by atoms with Crippen LogP contribution in [0.15, 0.2) is 46.3 Å². The largest absolute Gasteiger partial charge is 0.492 e. The maximum Gasteiger partial charge on any atom is 0.297 e. The molecule has 2 rings (SSSR count). The smallest absolute Gasteiger partial charge is 0.297 e. The van der Waals surface area contributed by atoms with Gasteiger partial charge >= 0.3 is 0 Å². The van der Waals surface area contributed by atoms with Gasteiger partial charge in [0, 0.05) is 17.6 Å². The Balaban J connectivity index is 2.34. The first-order valence-electron chi connectivity index (χ1n) is 11.3. The van der Waals surface area contributed by atoms with Gasteiger partial charge in [0.1, 0.15) is 6.61 Å². The number of allylic oxidation sites excluding steroid dienone is 3. The molecule has 1 aromatic heterocycles. The van der Waals surface area contributed by atoms with Crippen LogP contribution in [-0.2, 0) is 6.54 Å². The number of ether oxygens (including phenoxy) is 2. The first kappa shape index (κ1) is 24.6. The van der Waals surface area contributed by atoms with Gasteiger partial charge in [-0.15, -0.1) is 0 Å². The van der Waals surface area contributed by atoms with Crippen molar-refractivity contribution in [1.29, 1.82) is 0 Å². The Hall–Kier alpha value is -2.69. The van der Waals surface area contributed by atoms with Crippen molar-refractivity contribution < 1.29 is 9.47 Å². The van der Waals surface area contributed by atoms with Crippen molar-refractivity contribution in [2.45, 2.75) is 72.8 Å². The number of fused-ring (bicyclic) bond motifs is 1. The maximum atomic E-state index is 13.3. The summed E-state index contributed by atoms with van der Waals surface area (Å²) in [6.07, 6.45) is 10.6. The molecular formula is C26H38N2O3. The van der Waals surface area contributed by atoms with Gasteiger partial charge in [0.05, 0.1) is 12.6 Å². The maximum absolute atomic E-state index is 13.3. The van der Waals surface area contributed by atoms with E-state index in [1.807, 2.05) is 24.3 Å². The lowest BCUT2D eigenvalue weighted by Crippen LogP contribution is -2.24. The average molecular weight is 427 g/mol. The van der Waals surface area contributed by atoms with Crippen LogP contribution in [0.25, 0.3) is 10.9 Å². The van der Waals surface area contributed by atoms with Crippen LogP contribution < -0.4 is 20.8 Å². The van der Waals surface area contributed by atoms with Crippen LogP contribution in [0.2, 0.25) is 0 Å². The number of pyridine rings is 1. The van der Waals surface area contributed by atoms with E-state index in [0.29, 0.717) is 24.6 Å². The van der Waals surface area contributed by atoms with Gasteiger partial charge in [0.15, 0.2) is 5.75 Å². The molecule has 170 valence electrons. The lowest BCUT2D eigenvalue weighted by Gasteiger charge is -2.17. The Morgan fingerprint density at radius 3 is 2.55 bits per heavy atom. The minimum absolute atomic E-state index is 0.165. The zero-order chi connectivity index (χ0) is 22.8. The van der Waals surface area contributed by atoms with E-state index < -0.39 is 0 Å². The third-order valence-corrected chi connectivity index (χ3v) is 5.39. The predicted octanol–water partition coefficient (Wildman–Crippen LogP) is 6.24. The molecule has 5 heteroatoms. The fraction of sp³-hybridized carbons (Fsp3) is 0.500. The molecule has 0 spiro atoms. The Morgan fingerprint density at radius 2 is 1.87 bits per heavy atom. The summed E-state index contributed by atoms with van der Waals surface area (Å²) in [6, 6.07) is 5.57. The summed E-state index contributed by atoms with van der Waals surface area (Å²) in [5, 5.41) is 0.839. The van der Waals surface area contributed by atoms with Crippen LogP contribution in [0.5, 0.6) is 11.5 Å². The molecule has 2 aromatic rings. The van der Waals surface area contributed by atoms with Crippen LogP contribution in [0.1, 0.15) is 66.2 Å². The number of methoxy groups -OCH3 is 1. The minimum atomic E-state index is -0.165. The third kappa shape index (κ3) is 6.91. The molecular weight excluding hydrogens is 388 g/mol. The van der Waals surface area contributed by atoms with Gasteiger partial charge < -0.3 is 19.8 Å². The summed E-state index contributed by atoms with van der Waals surface area (Å²) >= 11 is 0. The Labute approximate surface area is 186 Å². The number of hydrogen-bond donors (Lipinski definition) is 1. The van der Waals surface area contributed by atoms with E-state index in [-0.39, 0.29) is 11.3 Å². The van der Waals surface area contributed by atoms with E-state index in [0.717, 1.165) is 49.4 Å². The van der Waals surface area contributed by atoms with E-state index in [2.05, 4.69) is 33.8 Å². The van der Waals surface area contributed by atoms with Crippen molar-refractivity contribution in [3.05, 3.63) is 51.9 Å². The van der Waals surface area contributed by atoms with Crippen molar-refractivity contribution >= 4 is 16.6 Å². The fourth-order valence-corrected chi connectivity index (χ4v) is 3.62. The molecule has 0 bridgehead atoms. The zero-order valence-corrected chi connectivity index (χ0v) is 19.8. The van der Waals surface area contributed by atoms with Crippen molar-refractivity contribution in [2.75, 3.05) is 19.5 Å². The van der Waals surface area contributed by atoms with E-state index >= 15 is 0 Å². The summed E-state index contributed by atoms with van der Waals surface area (Å²) in [5.41, 5.74) is 9.84. The van der Waals surface area contributed by atoms with Crippen LogP contribution in [0.3, 0.4) is 0 Å². The van der Waals surface area contributed by atoms with Crippen molar-refractivity contribution in [3.63, 3.8) is 0 Å². The summed E-state index contributed by atoms with van der Waals surface area (Å²) in [6.45, 7) is 9.45. The quantitative estimate of drug-likeness (QED) is 0.248. The molecule has 2 N–H and O–H groups in total. The third-order valence-electron chi connectivity index (χ3n) is 5.39. The summed E-state index contributed by atoms with van der Waals surface area (Å²) in [4.78, 5) is 13.3. The number of aryl methyl sites for hydroxylation is 1. The molecule has 0 aliphatic rings. The molecule has 0 radical (unpaired) electrons. The Morgan fingerprint density at radius 1 is 1.10 bits per heavy atom. The first-order chi connectivity index (χ1) is 14.9. The highest BCUT2D eigenvalue weighted by atomic mass is 16.5. The van der Waals surface area contributed by atoms with Gasteiger partial charge in [-0.25, -0.2) is 0 Å². The topological polar surface area (TPSA) is 66.5 Å². The van der Waals surface area contributed by atoms with Crippen molar-refractivity contribution in [1.82, 2.24) is 4.57 Å². The van der Waals surface area contributed by atoms with Gasteiger partial charge in [0.2, 0.25) is 5.75 Å². The molecule has 1 aromatic carbocycles. The number of benzene rings is 1. The minimum Gasteiger partial charge on any atom is -0.492 e. The van der Waals surface area contributed by atoms with E-state index in [1.165, 1.54) is 11.1 Å². The molecule has 0 amide bonds. The molecule has 0 fully saturated rings. The number of nitrogens with zero attached hydrogens (tertiary/aromatic N) is 1. The van der Waals surface area contributed by atoms with Crippen molar-refractivity contribution in [2.24, 2.45) is 0 Å². The van der Waals surface area contributed by atoms with E-state index in [9.17, 15) is 4.79 Å². The highest BCUT2D eigenvalue weighted by molar-refractivity contribution is 5.90. The summed E-state index contributed by atoms with van der Waals surface area (Å²) < 4.78 is 13.4. The highest BCUT2D eigenvalue weighted by Crippen LogP contribution is 2.33. The Bertz CT molecular complexity index is 982. The lowest BCUT2D eigenvalue weighted by atomic mass is 10.1. The van der Waals surface area contributed by atoms with Gasteiger partial charge in [-0.2, -0.15) is 0 Å². The number of nitrogens with two attached hydrogens (primary N) is 1. The number of rotatable bonds is 12. The number of aromatic nitrogens is 1. The molecule has 31 heavy (non-hydrogen) atoms. The van der Waals surface area contributed by atoms with Crippen molar-refractivity contribution in [3.8, 4) is 11.5 Å². The SMILES string of the molecule is CCCCCCn1c(=O)c(OCC=C(C)CCC=C(C)C)c(OC)c2ccc(N)cc21. The molecule has 0 aliphatic carbocycles. The van der Waals surface area contributed by atoms with E-state index in [4.69, 9.17) is 15.2 Å². The van der Waals surface area contributed by atoms with E-state index in [1.54, 1.807) is 11.7 Å². The van der Waals surface area contributed by atoms with Crippen LogP contribution in [0.4, 0.5) is 5.69 Å². The van der Waals surface area contributed by atoms with Crippen LogP contribution in [-0.4, -0.2) is 18.3 Å². The number of anilines is 1. The molecule has 0 unspecified atom stereocenters. The summed E-state index contributed by atoms with van der Waals surface area (Å²) in [5.74, 6) is 0.740. The normalized spacial score (nSPS) is 11.6. The standard InChI is InChI=1S/C26H38N2O3/c1-6-7-8-9-16-28-23-18-21(27)13-14-22(23)24(30-5)25(26(28)29)31-17-15-20(4)12-10-11-19(2)3/h11,13-15,18H,6-10,12,16-17,27H2,1-5H3. The van der Waals surface area contributed by atoms with Crippen LogP contribution >= 0.6 is 0 Å². The number of unbranched alkanes of at least 4 members (excludes halogenated alkanes) is 3. The van der Waals surface area contributed by atoms with Gasteiger partial charge in [-0.05, 0) is 64.3 Å². The second-order valence-electron chi connectivity index (χ2n) is 8.34. The van der Waals surface area contributed by atoms with Gasteiger partial charge in [0.25, 0.3) is 5.56 Å². The Kier molecular flexibility index (Phi) is 9.70. The predicted molar refractivity (Wildman–Crippen MR) is 131 cm³/mol. The lowest BCUT2D eigenvalue weighted by molar-refractivity contribution is 0.320. The molecule has 0 saturated carbocycles. The summed E-state index contributed by atoms with van der Waals surface area (Å²) in [7, 11) is 1.57. The van der Waals surface area contributed by atoms with Crippen LogP contribution in [0, 0.1) is 0 Å². The second kappa shape index (κ2) is 12.2. The molecule has 0 atom stereocenters. The highest BCUT2D eigenvalue weighted by Gasteiger charge is 2.19. The molecule has 5 nitrogen and oxygen atoms in total. The number of nitrogen functional groups attached to an aromatic ring is 1. The first-order valence-corrected chi connectivity index (χ1v) is 11.3. The fourth-order valence-electron chi connectivity index (χ4n) is 3.62. The monoisotopic (exact) mass is 426 g/mol.